The predicted octanol–water partition coefficient (Wildman–Crippen LogP) is 2.36. The zero-order chi connectivity index (χ0) is 21.3. The molecule has 2 heterocycles. The first-order valence-electron chi connectivity index (χ1n) is 9.18. The monoisotopic (exact) mass is 410 g/mol. The number of rotatable bonds is 6. The lowest BCUT2D eigenvalue weighted by Crippen LogP contribution is -2.25. The van der Waals surface area contributed by atoms with E-state index >= 15 is 0 Å². The number of carbonyl (C=O) groups is 2. The summed E-state index contributed by atoms with van der Waals surface area (Å²) in [6, 6.07) is 11.2. The molecule has 2 aromatic carbocycles. The number of imidazole rings is 1. The molecule has 30 heavy (non-hydrogen) atoms. The smallest absolute Gasteiger partial charge is 0.255 e. The third-order valence-corrected chi connectivity index (χ3v) is 4.82. The molecule has 0 saturated heterocycles. The number of hydrogen-bond acceptors (Lipinski definition) is 5. The summed E-state index contributed by atoms with van der Waals surface area (Å²) in [7, 11) is 1.49. The van der Waals surface area contributed by atoms with Gasteiger partial charge in [-0.2, -0.15) is 0 Å². The summed E-state index contributed by atoms with van der Waals surface area (Å²) in [5, 5.41) is 2.83. The van der Waals surface area contributed by atoms with Crippen LogP contribution in [0.1, 0.15) is 23.6 Å². The lowest BCUT2D eigenvalue weighted by atomic mass is 9.89. The second kappa shape index (κ2) is 7.86. The van der Waals surface area contributed by atoms with Gasteiger partial charge >= 0.3 is 0 Å². The van der Waals surface area contributed by atoms with E-state index in [0.717, 1.165) is 5.56 Å². The molecular formula is C21H19FN4O4. The van der Waals surface area contributed by atoms with E-state index < -0.39 is 5.91 Å². The van der Waals surface area contributed by atoms with Crippen molar-refractivity contribution in [2.24, 2.45) is 5.73 Å². The van der Waals surface area contributed by atoms with Gasteiger partial charge in [0.1, 0.15) is 18.0 Å². The lowest BCUT2D eigenvalue weighted by molar-refractivity contribution is -0.120. The number of carbonyl (C=O) groups excluding carboxylic acids is 2. The van der Waals surface area contributed by atoms with Gasteiger partial charge in [-0.25, -0.2) is 9.37 Å². The fraction of sp³-hybridized carbons (Fsp3) is 0.190. The first kappa shape index (κ1) is 19.4. The molecule has 1 aromatic heterocycles. The molecule has 1 atom stereocenters. The highest BCUT2D eigenvalue weighted by Crippen LogP contribution is 2.40. The van der Waals surface area contributed by atoms with Crippen molar-refractivity contribution in [2.45, 2.75) is 12.3 Å². The van der Waals surface area contributed by atoms with Crippen LogP contribution >= 0.6 is 0 Å². The van der Waals surface area contributed by atoms with Crippen LogP contribution < -0.4 is 20.5 Å². The summed E-state index contributed by atoms with van der Waals surface area (Å²) in [6.07, 6.45) is 1.72. The molecule has 3 aromatic rings. The molecule has 1 aliphatic rings. The minimum Gasteiger partial charge on any atom is -0.493 e. The Hall–Kier alpha value is -3.88. The van der Waals surface area contributed by atoms with Crippen LogP contribution in [0.25, 0.3) is 5.69 Å². The Bertz CT molecular complexity index is 1130. The number of benzene rings is 2. The summed E-state index contributed by atoms with van der Waals surface area (Å²) in [5.74, 6) is -0.295. The predicted molar refractivity (Wildman–Crippen MR) is 106 cm³/mol. The van der Waals surface area contributed by atoms with E-state index in [9.17, 15) is 14.0 Å². The van der Waals surface area contributed by atoms with E-state index in [0.29, 0.717) is 28.7 Å². The molecule has 0 radical (unpaired) electrons. The molecular weight excluding hydrogens is 391 g/mol. The fourth-order valence-corrected chi connectivity index (χ4v) is 3.48. The quantitative estimate of drug-likeness (QED) is 0.649. The van der Waals surface area contributed by atoms with Gasteiger partial charge in [0.05, 0.1) is 18.5 Å². The number of halogens is 1. The number of amides is 2. The Morgan fingerprint density at radius 3 is 2.87 bits per heavy atom. The number of anilines is 1. The van der Waals surface area contributed by atoms with Gasteiger partial charge in [0.15, 0.2) is 18.1 Å². The van der Waals surface area contributed by atoms with E-state index in [4.69, 9.17) is 15.2 Å². The number of primary amides is 1. The SMILES string of the molecule is COc1ccc(C2CC(=O)Nc3c2ncn3-c2cccc(F)c2)cc1OCC(N)=O. The normalized spacial score (nSPS) is 15.3. The summed E-state index contributed by atoms with van der Waals surface area (Å²) < 4.78 is 26.0. The second-order valence-electron chi connectivity index (χ2n) is 6.80. The van der Waals surface area contributed by atoms with Gasteiger partial charge in [0, 0.05) is 12.3 Å². The van der Waals surface area contributed by atoms with Gasteiger partial charge in [-0.1, -0.05) is 12.1 Å². The van der Waals surface area contributed by atoms with Crippen molar-refractivity contribution in [1.82, 2.24) is 9.55 Å². The van der Waals surface area contributed by atoms with Crippen molar-refractivity contribution >= 4 is 17.6 Å². The number of nitrogens with one attached hydrogen (secondary N) is 1. The zero-order valence-electron chi connectivity index (χ0n) is 16.1. The molecule has 0 aliphatic carbocycles. The zero-order valence-corrected chi connectivity index (χ0v) is 16.1. The molecule has 0 spiro atoms. The molecule has 0 fully saturated rings. The standard InChI is InChI=1S/C21H19FN4O4/c1-29-16-6-5-12(7-17(16)30-10-18(23)27)15-9-19(28)25-21-20(15)24-11-26(21)14-4-2-3-13(22)8-14/h2-8,11,15H,9-10H2,1H3,(H2,23,27)(H,25,28). The fourth-order valence-electron chi connectivity index (χ4n) is 3.48. The molecule has 0 saturated carbocycles. The van der Waals surface area contributed by atoms with Gasteiger partial charge in [0.25, 0.3) is 5.91 Å². The minimum atomic E-state index is -0.615. The van der Waals surface area contributed by atoms with Crippen LogP contribution in [0.2, 0.25) is 0 Å². The largest absolute Gasteiger partial charge is 0.493 e. The van der Waals surface area contributed by atoms with Gasteiger partial charge in [0.2, 0.25) is 5.91 Å². The molecule has 8 nitrogen and oxygen atoms in total. The molecule has 9 heteroatoms. The van der Waals surface area contributed by atoms with Crippen molar-refractivity contribution in [3.8, 4) is 17.2 Å². The van der Waals surface area contributed by atoms with Crippen molar-refractivity contribution in [1.29, 1.82) is 0 Å². The number of nitrogens with two attached hydrogens (primary N) is 1. The van der Waals surface area contributed by atoms with Crippen molar-refractivity contribution in [3.63, 3.8) is 0 Å². The van der Waals surface area contributed by atoms with E-state index in [1.165, 1.54) is 19.2 Å². The molecule has 154 valence electrons. The molecule has 2 amide bonds. The van der Waals surface area contributed by atoms with Crippen LogP contribution in [-0.2, 0) is 9.59 Å². The molecule has 4 rings (SSSR count). The van der Waals surface area contributed by atoms with Crippen molar-refractivity contribution in [2.75, 3.05) is 19.0 Å². The maximum Gasteiger partial charge on any atom is 0.255 e. The number of methoxy groups -OCH3 is 1. The third kappa shape index (κ3) is 3.69. The maximum absolute atomic E-state index is 13.7. The van der Waals surface area contributed by atoms with Crippen LogP contribution in [-0.4, -0.2) is 35.1 Å². The maximum atomic E-state index is 13.7. The first-order chi connectivity index (χ1) is 14.5. The Morgan fingerprint density at radius 2 is 2.13 bits per heavy atom. The highest BCUT2D eigenvalue weighted by molar-refractivity contribution is 5.94. The average molecular weight is 410 g/mol. The highest BCUT2D eigenvalue weighted by Gasteiger charge is 2.31. The number of ether oxygens (including phenoxy) is 2. The number of hydrogen-bond donors (Lipinski definition) is 2. The van der Waals surface area contributed by atoms with E-state index in [-0.39, 0.29) is 30.7 Å². The average Bonchev–Trinajstić information content (AvgIpc) is 3.15. The number of fused-ring (bicyclic) bond motifs is 1. The first-order valence-corrected chi connectivity index (χ1v) is 9.18. The summed E-state index contributed by atoms with van der Waals surface area (Å²) in [5.41, 5.74) is 7.12. The van der Waals surface area contributed by atoms with Gasteiger partial charge in [-0.05, 0) is 35.9 Å². The number of aromatic nitrogens is 2. The summed E-state index contributed by atoms with van der Waals surface area (Å²) >= 11 is 0. The topological polar surface area (TPSA) is 108 Å². The molecule has 1 unspecified atom stereocenters. The van der Waals surface area contributed by atoms with Crippen LogP contribution in [0, 0.1) is 5.82 Å². The van der Waals surface area contributed by atoms with E-state index in [1.54, 1.807) is 35.2 Å². The Balaban J connectivity index is 1.74. The van der Waals surface area contributed by atoms with Crippen LogP contribution in [0.4, 0.5) is 10.2 Å². The Morgan fingerprint density at radius 1 is 1.30 bits per heavy atom. The summed E-state index contributed by atoms with van der Waals surface area (Å²) in [6.45, 7) is -0.301. The molecule has 1 aliphatic heterocycles. The van der Waals surface area contributed by atoms with Crippen molar-refractivity contribution < 1.29 is 23.5 Å². The Labute approximate surface area is 171 Å². The second-order valence-corrected chi connectivity index (χ2v) is 6.80. The highest BCUT2D eigenvalue weighted by atomic mass is 19.1. The lowest BCUT2D eigenvalue weighted by Gasteiger charge is -2.24. The van der Waals surface area contributed by atoms with Crippen LogP contribution in [0.3, 0.4) is 0 Å². The van der Waals surface area contributed by atoms with Crippen molar-refractivity contribution in [3.05, 3.63) is 65.9 Å². The molecule has 3 N–H and O–H groups in total. The van der Waals surface area contributed by atoms with Gasteiger partial charge in [-0.15, -0.1) is 0 Å². The van der Waals surface area contributed by atoms with E-state index in [1.807, 2.05) is 6.07 Å². The Kier molecular flexibility index (Phi) is 5.09. The molecule has 0 bridgehead atoms. The summed E-state index contributed by atoms with van der Waals surface area (Å²) in [4.78, 5) is 28.0. The third-order valence-electron chi connectivity index (χ3n) is 4.82. The van der Waals surface area contributed by atoms with Crippen LogP contribution in [0.15, 0.2) is 48.8 Å². The van der Waals surface area contributed by atoms with Gasteiger partial charge < -0.3 is 20.5 Å². The van der Waals surface area contributed by atoms with Crippen LogP contribution in [0.5, 0.6) is 11.5 Å². The van der Waals surface area contributed by atoms with E-state index in [2.05, 4.69) is 10.3 Å². The number of nitrogens with zero attached hydrogens (tertiary/aromatic N) is 2. The van der Waals surface area contributed by atoms with Gasteiger partial charge in [-0.3, -0.25) is 14.2 Å². The minimum absolute atomic E-state index is 0.175.